The van der Waals surface area contributed by atoms with Crippen molar-refractivity contribution in [1.29, 1.82) is 0 Å². The molecule has 136 valence electrons. The molecule has 0 spiro atoms. The smallest absolute Gasteiger partial charge is 0.269 e. The van der Waals surface area contributed by atoms with E-state index in [0.717, 1.165) is 27.9 Å². The number of nitrogens with one attached hydrogen (secondary N) is 1. The van der Waals surface area contributed by atoms with Gasteiger partial charge in [0, 0.05) is 35.0 Å². The Morgan fingerprint density at radius 3 is 2.52 bits per heavy atom. The number of hydrogen-bond acceptors (Lipinski definition) is 5. The first-order valence-corrected chi connectivity index (χ1v) is 8.48. The van der Waals surface area contributed by atoms with Gasteiger partial charge < -0.3 is 14.8 Å². The number of para-hydroxylation sites is 1. The van der Waals surface area contributed by atoms with Crippen LogP contribution in [0.15, 0.2) is 60.7 Å². The molecule has 0 radical (unpaired) electrons. The van der Waals surface area contributed by atoms with Gasteiger partial charge in [-0.3, -0.25) is 10.1 Å². The minimum absolute atomic E-state index is 0.0576. The van der Waals surface area contributed by atoms with Crippen LogP contribution < -0.4 is 14.8 Å². The Balaban J connectivity index is 1.97. The van der Waals surface area contributed by atoms with Crippen molar-refractivity contribution in [3.8, 4) is 22.6 Å². The molecule has 0 saturated carbocycles. The Kier molecular flexibility index (Phi) is 4.16. The SMILES string of the molecule is COc1cc(OC)c2c(c1)-c1ccccc1N[C@H]2c1cccc([N+](=O)[O-])c1. The predicted molar refractivity (Wildman–Crippen MR) is 104 cm³/mol. The van der Waals surface area contributed by atoms with E-state index in [2.05, 4.69) is 5.32 Å². The van der Waals surface area contributed by atoms with E-state index in [9.17, 15) is 10.1 Å². The van der Waals surface area contributed by atoms with Crippen LogP contribution in [0.3, 0.4) is 0 Å². The molecule has 0 unspecified atom stereocenters. The average Bonchev–Trinajstić information content (AvgIpc) is 2.72. The van der Waals surface area contributed by atoms with Crippen molar-refractivity contribution < 1.29 is 14.4 Å². The van der Waals surface area contributed by atoms with Crippen molar-refractivity contribution >= 4 is 11.4 Å². The van der Waals surface area contributed by atoms with Crippen molar-refractivity contribution in [3.05, 3.63) is 81.9 Å². The molecule has 1 heterocycles. The number of fused-ring (bicyclic) bond motifs is 3. The standard InChI is InChI=1S/C21H18N2O4/c1-26-15-11-17-16-8-3-4-9-18(16)22-21(20(17)19(12-15)27-2)13-6-5-7-14(10-13)23(24)25/h3-12,21-22H,1-2H3/t21-/m0/s1. The number of nitro groups is 1. The molecular formula is C21H18N2O4. The summed E-state index contributed by atoms with van der Waals surface area (Å²) in [6, 6.07) is 18.2. The molecule has 1 atom stereocenters. The van der Waals surface area contributed by atoms with Gasteiger partial charge in [-0.05, 0) is 23.3 Å². The molecule has 4 rings (SSSR count). The number of hydrogen-bond donors (Lipinski definition) is 1. The van der Waals surface area contributed by atoms with E-state index in [4.69, 9.17) is 9.47 Å². The molecule has 27 heavy (non-hydrogen) atoms. The number of rotatable bonds is 4. The maximum Gasteiger partial charge on any atom is 0.269 e. The Morgan fingerprint density at radius 1 is 0.963 bits per heavy atom. The van der Waals surface area contributed by atoms with E-state index in [0.29, 0.717) is 11.5 Å². The Labute approximate surface area is 156 Å². The lowest BCUT2D eigenvalue weighted by Crippen LogP contribution is -2.19. The topological polar surface area (TPSA) is 73.6 Å². The molecule has 0 fully saturated rings. The summed E-state index contributed by atoms with van der Waals surface area (Å²) in [4.78, 5) is 10.8. The summed E-state index contributed by atoms with van der Waals surface area (Å²) in [7, 11) is 3.23. The van der Waals surface area contributed by atoms with Crippen LogP contribution in [0.1, 0.15) is 17.2 Å². The van der Waals surface area contributed by atoms with Crippen LogP contribution >= 0.6 is 0 Å². The van der Waals surface area contributed by atoms with Gasteiger partial charge in [0.1, 0.15) is 11.5 Å². The fourth-order valence-corrected chi connectivity index (χ4v) is 3.55. The lowest BCUT2D eigenvalue weighted by molar-refractivity contribution is -0.384. The molecule has 1 aliphatic heterocycles. The van der Waals surface area contributed by atoms with E-state index in [-0.39, 0.29) is 16.7 Å². The highest BCUT2D eigenvalue weighted by atomic mass is 16.6. The van der Waals surface area contributed by atoms with Crippen molar-refractivity contribution in [1.82, 2.24) is 0 Å². The first-order valence-electron chi connectivity index (χ1n) is 8.48. The van der Waals surface area contributed by atoms with Gasteiger partial charge in [-0.1, -0.05) is 30.3 Å². The summed E-state index contributed by atoms with van der Waals surface area (Å²) in [5, 5.41) is 14.7. The van der Waals surface area contributed by atoms with Gasteiger partial charge in [-0.2, -0.15) is 0 Å². The number of non-ortho nitro benzene ring substituents is 1. The molecule has 3 aromatic rings. The minimum Gasteiger partial charge on any atom is -0.497 e. The van der Waals surface area contributed by atoms with Crippen LogP contribution in [-0.4, -0.2) is 19.1 Å². The van der Waals surface area contributed by atoms with E-state index in [1.54, 1.807) is 26.4 Å². The second-order valence-electron chi connectivity index (χ2n) is 6.27. The summed E-state index contributed by atoms with van der Waals surface area (Å²) in [5.41, 5.74) is 4.75. The van der Waals surface area contributed by atoms with Crippen molar-refractivity contribution in [2.75, 3.05) is 19.5 Å². The summed E-state index contributed by atoms with van der Waals surface area (Å²) in [6.45, 7) is 0. The van der Waals surface area contributed by atoms with Crippen LogP contribution in [-0.2, 0) is 0 Å². The first-order chi connectivity index (χ1) is 13.1. The van der Waals surface area contributed by atoms with Crippen LogP contribution in [0.25, 0.3) is 11.1 Å². The third-order valence-electron chi connectivity index (χ3n) is 4.79. The predicted octanol–water partition coefficient (Wildman–Crippen LogP) is 4.79. The van der Waals surface area contributed by atoms with Gasteiger partial charge in [-0.25, -0.2) is 0 Å². The number of anilines is 1. The second kappa shape index (κ2) is 6.64. The highest BCUT2D eigenvalue weighted by molar-refractivity contribution is 5.87. The minimum atomic E-state index is -0.383. The summed E-state index contributed by atoms with van der Waals surface area (Å²) >= 11 is 0. The largest absolute Gasteiger partial charge is 0.497 e. The zero-order chi connectivity index (χ0) is 19.0. The molecule has 0 bridgehead atoms. The summed E-state index contributed by atoms with van der Waals surface area (Å²) < 4.78 is 11.1. The number of methoxy groups -OCH3 is 2. The highest BCUT2D eigenvalue weighted by Gasteiger charge is 2.30. The molecule has 1 N–H and O–H groups in total. The Morgan fingerprint density at radius 2 is 1.78 bits per heavy atom. The van der Waals surface area contributed by atoms with Gasteiger partial charge in [0.25, 0.3) is 5.69 Å². The van der Waals surface area contributed by atoms with Gasteiger partial charge in [0.05, 0.1) is 25.2 Å². The molecule has 1 aliphatic rings. The zero-order valence-electron chi connectivity index (χ0n) is 14.9. The number of nitro benzene ring substituents is 1. The lowest BCUT2D eigenvalue weighted by atomic mass is 9.85. The van der Waals surface area contributed by atoms with Crippen LogP contribution in [0.5, 0.6) is 11.5 Å². The third-order valence-corrected chi connectivity index (χ3v) is 4.79. The second-order valence-corrected chi connectivity index (χ2v) is 6.27. The maximum absolute atomic E-state index is 11.2. The summed E-state index contributed by atoms with van der Waals surface area (Å²) in [6.07, 6.45) is 0. The van der Waals surface area contributed by atoms with Crippen LogP contribution in [0.2, 0.25) is 0 Å². The summed E-state index contributed by atoms with van der Waals surface area (Å²) in [5.74, 6) is 1.36. The number of benzene rings is 3. The fraction of sp³-hybridized carbons (Fsp3) is 0.143. The quantitative estimate of drug-likeness (QED) is 0.533. The van der Waals surface area contributed by atoms with Gasteiger partial charge in [-0.15, -0.1) is 0 Å². The number of ether oxygens (including phenoxy) is 2. The maximum atomic E-state index is 11.2. The molecule has 6 nitrogen and oxygen atoms in total. The van der Waals surface area contributed by atoms with Crippen LogP contribution in [0, 0.1) is 10.1 Å². The lowest BCUT2D eigenvalue weighted by Gasteiger charge is -2.31. The molecule has 6 heteroatoms. The number of nitrogens with zero attached hydrogens (tertiary/aromatic N) is 1. The van der Waals surface area contributed by atoms with Gasteiger partial charge >= 0.3 is 0 Å². The normalized spacial score (nSPS) is 14.5. The monoisotopic (exact) mass is 362 g/mol. The van der Waals surface area contributed by atoms with E-state index >= 15 is 0 Å². The van der Waals surface area contributed by atoms with Crippen LogP contribution in [0.4, 0.5) is 11.4 Å². The Hall–Kier alpha value is -3.54. The van der Waals surface area contributed by atoms with E-state index in [1.807, 2.05) is 42.5 Å². The zero-order valence-corrected chi connectivity index (χ0v) is 14.9. The van der Waals surface area contributed by atoms with Gasteiger partial charge in [0.15, 0.2) is 0 Å². The van der Waals surface area contributed by atoms with Crippen molar-refractivity contribution in [2.24, 2.45) is 0 Å². The molecule has 0 aromatic heterocycles. The fourth-order valence-electron chi connectivity index (χ4n) is 3.55. The van der Waals surface area contributed by atoms with E-state index < -0.39 is 0 Å². The highest BCUT2D eigenvalue weighted by Crippen LogP contribution is 2.48. The molecule has 0 aliphatic carbocycles. The molecular weight excluding hydrogens is 344 g/mol. The average molecular weight is 362 g/mol. The molecule has 0 amide bonds. The molecule has 3 aromatic carbocycles. The van der Waals surface area contributed by atoms with Crippen molar-refractivity contribution in [3.63, 3.8) is 0 Å². The third kappa shape index (κ3) is 2.85. The Bertz CT molecular complexity index is 1030. The van der Waals surface area contributed by atoms with Gasteiger partial charge in [0.2, 0.25) is 0 Å². The molecule has 0 saturated heterocycles. The van der Waals surface area contributed by atoms with Crippen molar-refractivity contribution in [2.45, 2.75) is 6.04 Å². The first kappa shape index (κ1) is 16.9. The van der Waals surface area contributed by atoms with E-state index in [1.165, 1.54) is 6.07 Å².